The minimum atomic E-state index is -4.64. The SMILES string of the molecule is NCC(C(=O)O)=C(O)c1ccccc1.O=P(O)(O)O. The lowest BCUT2D eigenvalue weighted by Crippen LogP contribution is -2.14. The van der Waals surface area contributed by atoms with Crippen molar-refractivity contribution in [1.29, 1.82) is 0 Å². The van der Waals surface area contributed by atoms with Gasteiger partial charge in [0.15, 0.2) is 0 Å². The van der Waals surface area contributed by atoms with Gasteiger partial charge in [0.2, 0.25) is 0 Å². The number of benzene rings is 1. The Bertz CT molecular complexity index is 486. The summed E-state index contributed by atoms with van der Waals surface area (Å²) < 4.78 is 8.88. The topological polar surface area (TPSA) is 161 Å². The number of phosphoric acid groups is 1. The van der Waals surface area contributed by atoms with E-state index in [9.17, 15) is 9.90 Å². The van der Waals surface area contributed by atoms with Gasteiger partial charge in [0.05, 0.1) is 5.57 Å². The average Bonchev–Trinajstić information content (AvgIpc) is 2.28. The first kappa shape index (κ1) is 17.3. The molecule has 19 heavy (non-hydrogen) atoms. The van der Waals surface area contributed by atoms with E-state index in [2.05, 4.69) is 0 Å². The number of hydrogen-bond acceptors (Lipinski definition) is 4. The van der Waals surface area contributed by atoms with Crippen LogP contribution >= 0.6 is 7.82 Å². The van der Waals surface area contributed by atoms with Gasteiger partial charge in [-0.15, -0.1) is 0 Å². The van der Waals surface area contributed by atoms with E-state index < -0.39 is 13.8 Å². The Kier molecular flexibility index (Phi) is 6.99. The highest BCUT2D eigenvalue weighted by Gasteiger charge is 2.12. The third-order valence-corrected chi connectivity index (χ3v) is 1.80. The first-order chi connectivity index (χ1) is 8.66. The standard InChI is InChI=1S/C10H11NO3.H3O4P/c11-6-8(10(13)14)9(12)7-4-2-1-3-5-7;1-5(2,3)4/h1-5,12H,6,11H2,(H,13,14);(H3,1,2,3,4). The molecule has 0 atom stereocenters. The minimum absolute atomic E-state index is 0.184. The zero-order valence-corrected chi connectivity index (χ0v) is 10.6. The number of carboxylic acids is 1. The number of aliphatic hydroxyl groups is 1. The summed E-state index contributed by atoms with van der Waals surface area (Å²) >= 11 is 0. The lowest BCUT2D eigenvalue weighted by atomic mass is 10.1. The van der Waals surface area contributed by atoms with Crippen molar-refractivity contribution in [3.05, 3.63) is 41.5 Å². The molecule has 0 radical (unpaired) electrons. The molecule has 0 aliphatic heterocycles. The molecule has 0 fully saturated rings. The molecule has 0 amide bonds. The van der Waals surface area contributed by atoms with E-state index >= 15 is 0 Å². The summed E-state index contributed by atoms with van der Waals surface area (Å²) in [7, 11) is -4.64. The molecule has 1 rings (SSSR count). The summed E-state index contributed by atoms with van der Waals surface area (Å²) in [5.41, 5.74) is 5.48. The van der Waals surface area contributed by atoms with Crippen molar-refractivity contribution in [3.8, 4) is 0 Å². The maximum atomic E-state index is 10.6. The highest BCUT2D eigenvalue weighted by atomic mass is 31.2. The highest BCUT2D eigenvalue weighted by molar-refractivity contribution is 7.45. The predicted octanol–water partition coefficient (Wildman–Crippen LogP) is 0.0704. The number of hydrogen-bond donors (Lipinski definition) is 6. The summed E-state index contributed by atoms with van der Waals surface area (Å²) in [6, 6.07) is 8.44. The van der Waals surface area contributed by atoms with Crippen LogP contribution in [0.25, 0.3) is 5.76 Å². The first-order valence-corrected chi connectivity index (χ1v) is 6.42. The number of nitrogens with two attached hydrogens (primary N) is 1. The van der Waals surface area contributed by atoms with Crippen LogP contribution in [0.15, 0.2) is 35.9 Å². The van der Waals surface area contributed by atoms with Crippen LogP contribution in [0.4, 0.5) is 0 Å². The quantitative estimate of drug-likeness (QED) is 0.259. The molecule has 0 heterocycles. The van der Waals surface area contributed by atoms with Crippen LogP contribution in [0.1, 0.15) is 5.56 Å². The van der Waals surface area contributed by atoms with Gasteiger partial charge >= 0.3 is 13.8 Å². The fourth-order valence-corrected chi connectivity index (χ4v) is 1.06. The van der Waals surface area contributed by atoms with Crippen molar-refractivity contribution < 1.29 is 34.3 Å². The molecule has 0 saturated heterocycles. The lowest BCUT2D eigenvalue weighted by molar-refractivity contribution is -0.132. The van der Waals surface area contributed by atoms with Crippen molar-refractivity contribution in [2.45, 2.75) is 0 Å². The molecule has 9 heteroatoms. The molecule has 0 spiro atoms. The number of rotatable bonds is 3. The highest BCUT2D eigenvalue weighted by Crippen LogP contribution is 2.25. The summed E-state index contributed by atoms with van der Waals surface area (Å²) in [5, 5.41) is 18.3. The molecule has 0 aromatic heterocycles. The van der Waals surface area contributed by atoms with Crippen molar-refractivity contribution in [2.24, 2.45) is 5.73 Å². The Labute approximate surface area is 108 Å². The summed E-state index contributed by atoms with van der Waals surface area (Å²) in [4.78, 5) is 32.2. The molecule has 8 nitrogen and oxygen atoms in total. The summed E-state index contributed by atoms with van der Waals surface area (Å²) in [5.74, 6) is -1.48. The van der Waals surface area contributed by atoms with Crippen molar-refractivity contribution in [1.82, 2.24) is 0 Å². The zero-order valence-electron chi connectivity index (χ0n) is 9.67. The molecular formula is C10H14NO7P. The molecule has 0 aliphatic rings. The number of aliphatic hydroxyl groups excluding tert-OH is 1. The van der Waals surface area contributed by atoms with Crippen molar-refractivity contribution >= 4 is 19.6 Å². The van der Waals surface area contributed by atoms with Gasteiger partial charge < -0.3 is 30.6 Å². The maximum Gasteiger partial charge on any atom is 0.466 e. The molecule has 0 aliphatic carbocycles. The Morgan fingerprint density at radius 2 is 1.53 bits per heavy atom. The van der Waals surface area contributed by atoms with Gasteiger partial charge in [0.25, 0.3) is 0 Å². The zero-order chi connectivity index (χ0) is 15.1. The fraction of sp³-hybridized carbons (Fsp3) is 0.100. The molecule has 0 bridgehead atoms. The van der Waals surface area contributed by atoms with E-state index in [1.54, 1.807) is 30.3 Å². The molecule has 1 aromatic rings. The third kappa shape index (κ3) is 8.09. The van der Waals surface area contributed by atoms with E-state index in [4.69, 9.17) is 30.1 Å². The smallest absolute Gasteiger partial charge is 0.466 e. The molecule has 0 unspecified atom stereocenters. The van der Waals surface area contributed by atoms with Crippen LogP contribution in [-0.2, 0) is 9.36 Å². The van der Waals surface area contributed by atoms with Gasteiger partial charge in [-0.05, 0) is 0 Å². The second-order valence-corrected chi connectivity index (χ2v) is 4.24. The second kappa shape index (κ2) is 7.67. The molecule has 106 valence electrons. The van der Waals surface area contributed by atoms with Crippen LogP contribution in [0.3, 0.4) is 0 Å². The Morgan fingerprint density at radius 1 is 1.11 bits per heavy atom. The van der Waals surface area contributed by atoms with E-state index in [0.29, 0.717) is 5.56 Å². The van der Waals surface area contributed by atoms with Crippen LogP contribution < -0.4 is 5.73 Å². The molecule has 1 aromatic carbocycles. The number of carboxylic acid groups (broad SMARTS) is 1. The van der Waals surface area contributed by atoms with Gasteiger partial charge in [0, 0.05) is 12.1 Å². The normalized spacial score (nSPS) is 12.0. The van der Waals surface area contributed by atoms with E-state index in [0.717, 1.165) is 0 Å². The molecular weight excluding hydrogens is 277 g/mol. The molecule has 0 saturated carbocycles. The Balaban J connectivity index is 0.000000555. The van der Waals surface area contributed by atoms with Crippen LogP contribution in [0.2, 0.25) is 0 Å². The third-order valence-electron chi connectivity index (χ3n) is 1.80. The van der Waals surface area contributed by atoms with Crippen LogP contribution in [-0.4, -0.2) is 37.4 Å². The average molecular weight is 291 g/mol. The van der Waals surface area contributed by atoms with Gasteiger partial charge in [-0.1, -0.05) is 30.3 Å². The van der Waals surface area contributed by atoms with Crippen molar-refractivity contribution in [3.63, 3.8) is 0 Å². The first-order valence-electron chi connectivity index (χ1n) is 4.86. The van der Waals surface area contributed by atoms with E-state index in [-0.39, 0.29) is 17.9 Å². The number of carbonyl (C=O) groups is 1. The number of aliphatic carboxylic acids is 1. The maximum absolute atomic E-state index is 10.6. The Hall–Kier alpha value is -1.70. The summed E-state index contributed by atoms with van der Waals surface area (Å²) in [6.45, 7) is -0.198. The molecule has 7 N–H and O–H groups in total. The largest absolute Gasteiger partial charge is 0.507 e. The van der Waals surface area contributed by atoms with Crippen LogP contribution in [0, 0.1) is 0 Å². The van der Waals surface area contributed by atoms with Crippen molar-refractivity contribution in [2.75, 3.05) is 6.54 Å². The Morgan fingerprint density at radius 3 is 1.84 bits per heavy atom. The van der Waals surface area contributed by atoms with Gasteiger partial charge in [-0.2, -0.15) is 0 Å². The van der Waals surface area contributed by atoms with Gasteiger partial charge in [0.1, 0.15) is 5.76 Å². The minimum Gasteiger partial charge on any atom is -0.507 e. The van der Waals surface area contributed by atoms with Crippen LogP contribution in [0.5, 0.6) is 0 Å². The summed E-state index contributed by atoms with van der Waals surface area (Å²) in [6.07, 6.45) is 0. The van der Waals surface area contributed by atoms with Gasteiger partial charge in [-0.25, -0.2) is 9.36 Å². The van der Waals surface area contributed by atoms with E-state index in [1.165, 1.54) is 0 Å². The predicted molar refractivity (Wildman–Crippen MR) is 66.9 cm³/mol. The second-order valence-electron chi connectivity index (χ2n) is 3.22. The lowest BCUT2D eigenvalue weighted by Gasteiger charge is -2.04. The monoisotopic (exact) mass is 291 g/mol. The fourth-order valence-electron chi connectivity index (χ4n) is 1.06. The van der Waals surface area contributed by atoms with E-state index in [1.807, 2.05) is 0 Å². The van der Waals surface area contributed by atoms with Gasteiger partial charge in [-0.3, -0.25) is 0 Å².